The summed E-state index contributed by atoms with van der Waals surface area (Å²) in [4.78, 5) is 0. The molecule has 1 aromatic rings. The van der Waals surface area contributed by atoms with Gasteiger partial charge in [-0.3, -0.25) is 0 Å². The van der Waals surface area contributed by atoms with Gasteiger partial charge in [-0.15, -0.1) is 0 Å². The molecule has 0 saturated carbocycles. The van der Waals surface area contributed by atoms with Crippen LogP contribution in [0.2, 0.25) is 0 Å². The monoisotopic (exact) mass is 219 g/mol. The van der Waals surface area contributed by atoms with E-state index in [-0.39, 0.29) is 0 Å². The minimum atomic E-state index is 0.613. The van der Waals surface area contributed by atoms with Crippen molar-refractivity contribution < 1.29 is 0 Å². The van der Waals surface area contributed by atoms with Crippen LogP contribution in [0.1, 0.15) is 45.6 Å². The highest BCUT2D eigenvalue weighted by atomic mass is 14.9. The Kier molecular flexibility index (Phi) is 6.17. The van der Waals surface area contributed by atoms with Crippen LogP contribution in [-0.2, 0) is 6.42 Å². The molecule has 0 aromatic heterocycles. The molecule has 1 heteroatoms. The van der Waals surface area contributed by atoms with E-state index in [4.69, 9.17) is 0 Å². The van der Waals surface area contributed by atoms with Crippen molar-refractivity contribution >= 4 is 0 Å². The van der Waals surface area contributed by atoms with Gasteiger partial charge in [-0.2, -0.15) is 0 Å². The number of hydrogen-bond donors (Lipinski definition) is 1. The molecule has 0 radical (unpaired) electrons. The molecule has 0 amide bonds. The number of benzene rings is 1. The SMILES string of the molecule is CCCC(C)NC(C)CCc1ccccc1. The van der Waals surface area contributed by atoms with E-state index in [9.17, 15) is 0 Å². The zero-order valence-electron chi connectivity index (χ0n) is 10.9. The molecule has 1 nitrogen and oxygen atoms in total. The van der Waals surface area contributed by atoms with Crippen molar-refractivity contribution in [2.75, 3.05) is 0 Å². The Morgan fingerprint density at radius 2 is 1.62 bits per heavy atom. The molecule has 2 atom stereocenters. The van der Waals surface area contributed by atoms with Gasteiger partial charge in [0.1, 0.15) is 0 Å². The topological polar surface area (TPSA) is 12.0 Å². The van der Waals surface area contributed by atoms with Crippen LogP contribution in [0, 0.1) is 0 Å². The van der Waals surface area contributed by atoms with Gasteiger partial charge in [-0.05, 0) is 38.7 Å². The van der Waals surface area contributed by atoms with E-state index in [1.54, 1.807) is 0 Å². The normalized spacial score (nSPS) is 14.7. The fraction of sp³-hybridized carbons (Fsp3) is 0.600. The second-order valence-corrected chi connectivity index (χ2v) is 4.78. The minimum Gasteiger partial charge on any atom is -0.312 e. The van der Waals surface area contributed by atoms with Crippen LogP contribution in [0.3, 0.4) is 0 Å². The van der Waals surface area contributed by atoms with Crippen molar-refractivity contribution in [1.82, 2.24) is 5.32 Å². The predicted octanol–water partition coefficient (Wildman–Crippen LogP) is 3.79. The van der Waals surface area contributed by atoms with Crippen molar-refractivity contribution in [3.05, 3.63) is 35.9 Å². The van der Waals surface area contributed by atoms with Gasteiger partial charge in [-0.25, -0.2) is 0 Å². The summed E-state index contributed by atoms with van der Waals surface area (Å²) >= 11 is 0. The lowest BCUT2D eigenvalue weighted by molar-refractivity contribution is 0.426. The maximum absolute atomic E-state index is 3.65. The van der Waals surface area contributed by atoms with E-state index < -0.39 is 0 Å². The summed E-state index contributed by atoms with van der Waals surface area (Å²) in [6, 6.07) is 12.0. The highest BCUT2D eigenvalue weighted by Crippen LogP contribution is 2.06. The number of rotatable bonds is 7. The summed E-state index contributed by atoms with van der Waals surface area (Å²) in [5, 5.41) is 3.65. The van der Waals surface area contributed by atoms with Crippen LogP contribution in [0.15, 0.2) is 30.3 Å². The first-order valence-electron chi connectivity index (χ1n) is 6.52. The summed E-state index contributed by atoms with van der Waals surface area (Å²) in [7, 11) is 0. The Morgan fingerprint density at radius 1 is 1.00 bits per heavy atom. The molecule has 0 spiro atoms. The van der Waals surface area contributed by atoms with Crippen LogP contribution >= 0.6 is 0 Å². The van der Waals surface area contributed by atoms with Gasteiger partial charge in [0.2, 0.25) is 0 Å². The minimum absolute atomic E-state index is 0.613. The molecule has 90 valence electrons. The molecule has 2 unspecified atom stereocenters. The number of nitrogens with one attached hydrogen (secondary N) is 1. The van der Waals surface area contributed by atoms with Crippen LogP contribution in [-0.4, -0.2) is 12.1 Å². The summed E-state index contributed by atoms with van der Waals surface area (Å²) in [5.41, 5.74) is 1.44. The first-order valence-corrected chi connectivity index (χ1v) is 6.52. The Labute approximate surface area is 100 Å². The molecule has 1 aromatic carbocycles. The van der Waals surface area contributed by atoms with Crippen LogP contribution in [0.25, 0.3) is 0 Å². The largest absolute Gasteiger partial charge is 0.312 e. The third-order valence-electron chi connectivity index (χ3n) is 3.00. The lowest BCUT2D eigenvalue weighted by atomic mass is 10.1. The molecule has 0 fully saturated rings. The van der Waals surface area contributed by atoms with Gasteiger partial charge < -0.3 is 5.32 Å². The lowest BCUT2D eigenvalue weighted by Crippen LogP contribution is -2.34. The Hall–Kier alpha value is -0.820. The van der Waals surface area contributed by atoms with E-state index in [1.807, 2.05) is 0 Å². The lowest BCUT2D eigenvalue weighted by Gasteiger charge is -2.19. The fourth-order valence-corrected chi connectivity index (χ4v) is 2.11. The second kappa shape index (κ2) is 7.45. The molecule has 0 saturated heterocycles. The van der Waals surface area contributed by atoms with E-state index in [0.29, 0.717) is 12.1 Å². The third-order valence-corrected chi connectivity index (χ3v) is 3.00. The average Bonchev–Trinajstić information content (AvgIpc) is 2.28. The molecule has 0 aliphatic carbocycles. The van der Waals surface area contributed by atoms with Gasteiger partial charge in [0.25, 0.3) is 0 Å². The first kappa shape index (κ1) is 13.2. The summed E-state index contributed by atoms with van der Waals surface area (Å²) in [6.07, 6.45) is 4.93. The summed E-state index contributed by atoms with van der Waals surface area (Å²) < 4.78 is 0. The van der Waals surface area contributed by atoms with Gasteiger partial charge in [0.05, 0.1) is 0 Å². The van der Waals surface area contributed by atoms with Crippen molar-refractivity contribution in [1.29, 1.82) is 0 Å². The van der Waals surface area contributed by atoms with Gasteiger partial charge in [-0.1, -0.05) is 43.7 Å². The van der Waals surface area contributed by atoms with E-state index in [0.717, 1.165) is 0 Å². The van der Waals surface area contributed by atoms with Crippen LogP contribution < -0.4 is 5.32 Å². The molecule has 1 rings (SSSR count). The first-order chi connectivity index (χ1) is 7.72. The standard InChI is InChI=1S/C15H25N/c1-4-8-13(2)16-14(3)11-12-15-9-6-5-7-10-15/h5-7,9-10,13-14,16H,4,8,11-12H2,1-3H3. The third kappa shape index (κ3) is 5.32. The molecule has 0 bridgehead atoms. The van der Waals surface area contributed by atoms with Gasteiger partial charge in [0, 0.05) is 12.1 Å². The van der Waals surface area contributed by atoms with Gasteiger partial charge in [0.15, 0.2) is 0 Å². The molecule has 1 N–H and O–H groups in total. The van der Waals surface area contributed by atoms with Crippen molar-refractivity contribution in [2.24, 2.45) is 0 Å². The number of hydrogen-bond acceptors (Lipinski definition) is 1. The summed E-state index contributed by atoms with van der Waals surface area (Å²) in [5.74, 6) is 0. The van der Waals surface area contributed by atoms with Gasteiger partial charge >= 0.3 is 0 Å². The molecule has 0 aliphatic rings. The zero-order valence-corrected chi connectivity index (χ0v) is 10.9. The number of aryl methyl sites for hydroxylation is 1. The van der Waals surface area contributed by atoms with E-state index >= 15 is 0 Å². The Morgan fingerprint density at radius 3 is 2.25 bits per heavy atom. The average molecular weight is 219 g/mol. The summed E-state index contributed by atoms with van der Waals surface area (Å²) in [6.45, 7) is 6.81. The maximum atomic E-state index is 3.65. The van der Waals surface area contributed by atoms with Crippen molar-refractivity contribution in [3.63, 3.8) is 0 Å². The molecule has 0 heterocycles. The molecule has 0 aliphatic heterocycles. The van der Waals surface area contributed by atoms with Crippen LogP contribution in [0.4, 0.5) is 0 Å². The molecule has 16 heavy (non-hydrogen) atoms. The second-order valence-electron chi connectivity index (χ2n) is 4.78. The highest BCUT2D eigenvalue weighted by molar-refractivity contribution is 5.14. The Bertz CT molecular complexity index is 268. The maximum Gasteiger partial charge on any atom is 0.00443 e. The quantitative estimate of drug-likeness (QED) is 0.736. The predicted molar refractivity (Wildman–Crippen MR) is 71.7 cm³/mol. The molecular formula is C15H25N. The van der Waals surface area contributed by atoms with Crippen molar-refractivity contribution in [3.8, 4) is 0 Å². The zero-order chi connectivity index (χ0) is 11.8. The smallest absolute Gasteiger partial charge is 0.00443 e. The van der Waals surface area contributed by atoms with E-state index in [1.165, 1.54) is 31.2 Å². The molecular weight excluding hydrogens is 194 g/mol. The Balaban J connectivity index is 2.22. The van der Waals surface area contributed by atoms with Crippen LogP contribution in [0.5, 0.6) is 0 Å². The van der Waals surface area contributed by atoms with Crippen molar-refractivity contribution in [2.45, 2.75) is 58.5 Å². The highest BCUT2D eigenvalue weighted by Gasteiger charge is 2.06. The fourth-order valence-electron chi connectivity index (χ4n) is 2.11. The van der Waals surface area contributed by atoms with E-state index in [2.05, 4.69) is 56.4 Å².